The molecule has 0 atom stereocenters. The summed E-state index contributed by atoms with van der Waals surface area (Å²) in [6, 6.07) is 13.5. The van der Waals surface area contributed by atoms with E-state index in [1.54, 1.807) is 0 Å². The predicted molar refractivity (Wildman–Crippen MR) is 101 cm³/mol. The maximum absolute atomic E-state index is 12.0. The van der Waals surface area contributed by atoms with Gasteiger partial charge < -0.3 is 20.5 Å². The average molecular weight is 363 g/mol. The predicted octanol–water partition coefficient (Wildman–Crippen LogP) is 2.75. The molecular formula is C19H23ClN2O3. The van der Waals surface area contributed by atoms with Crippen LogP contribution in [-0.4, -0.2) is 25.7 Å². The monoisotopic (exact) mass is 362 g/mol. The first-order valence-corrected chi connectivity index (χ1v) is 8.21. The lowest BCUT2D eigenvalue weighted by Crippen LogP contribution is -2.26. The Morgan fingerprint density at radius 3 is 2.60 bits per heavy atom. The topological polar surface area (TPSA) is 73.6 Å². The molecule has 0 aromatic heterocycles. The number of hydrogen-bond donors (Lipinski definition) is 2. The first kappa shape index (κ1) is 18.9. The summed E-state index contributed by atoms with van der Waals surface area (Å²) in [7, 11) is 0. The van der Waals surface area contributed by atoms with Crippen LogP contribution in [0.1, 0.15) is 17.5 Å². The van der Waals surface area contributed by atoms with E-state index in [1.807, 2.05) is 42.5 Å². The van der Waals surface area contributed by atoms with Gasteiger partial charge in [-0.15, -0.1) is 12.4 Å². The Morgan fingerprint density at radius 1 is 1.04 bits per heavy atom. The molecule has 0 spiro atoms. The fourth-order valence-electron chi connectivity index (χ4n) is 2.69. The normalized spacial score (nSPS) is 12.2. The molecule has 0 saturated carbocycles. The number of hydrogen-bond acceptors (Lipinski definition) is 4. The highest BCUT2D eigenvalue weighted by Crippen LogP contribution is 2.30. The Hall–Kier alpha value is -2.40. The summed E-state index contributed by atoms with van der Waals surface area (Å²) in [4.78, 5) is 12.0. The van der Waals surface area contributed by atoms with E-state index in [9.17, 15) is 4.79 Å². The summed E-state index contributed by atoms with van der Waals surface area (Å²) in [5, 5.41) is 2.95. The summed E-state index contributed by atoms with van der Waals surface area (Å²) in [6.07, 6.45) is 1.85. The number of carbonyl (C=O) groups is 1. The van der Waals surface area contributed by atoms with Gasteiger partial charge in [0.25, 0.3) is 0 Å². The number of fused-ring (bicyclic) bond motifs is 1. The van der Waals surface area contributed by atoms with Crippen molar-refractivity contribution in [2.75, 3.05) is 25.5 Å². The van der Waals surface area contributed by atoms with Gasteiger partial charge in [-0.25, -0.2) is 0 Å². The molecule has 1 aliphatic heterocycles. The van der Waals surface area contributed by atoms with Gasteiger partial charge in [0.2, 0.25) is 5.91 Å². The van der Waals surface area contributed by atoms with Gasteiger partial charge in [-0.2, -0.15) is 0 Å². The van der Waals surface area contributed by atoms with Crippen LogP contribution in [0.4, 0.5) is 5.69 Å². The lowest BCUT2D eigenvalue weighted by molar-refractivity contribution is -0.121. The third-order valence-electron chi connectivity index (χ3n) is 4.02. The Bertz CT molecular complexity index is 722. The summed E-state index contributed by atoms with van der Waals surface area (Å²) in [5.74, 6) is 1.61. The largest absolute Gasteiger partial charge is 0.486 e. The number of nitrogens with one attached hydrogen (secondary N) is 1. The Labute approximate surface area is 153 Å². The van der Waals surface area contributed by atoms with E-state index in [0.717, 1.165) is 34.7 Å². The number of amides is 1. The maximum Gasteiger partial charge on any atom is 0.220 e. The van der Waals surface area contributed by atoms with Gasteiger partial charge in [0.15, 0.2) is 11.5 Å². The Balaban J connectivity index is 0.00000225. The fraction of sp³-hybridized carbons (Fsp3) is 0.316. The number of ether oxygens (including phenoxy) is 2. The van der Waals surface area contributed by atoms with Crippen molar-refractivity contribution in [3.05, 3.63) is 53.6 Å². The van der Waals surface area contributed by atoms with Crippen molar-refractivity contribution in [1.82, 2.24) is 5.32 Å². The zero-order valence-corrected chi connectivity index (χ0v) is 14.8. The smallest absolute Gasteiger partial charge is 0.220 e. The van der Waals surface area contributed by atoms with E-state index in [1.165, 1.54) is 0 Å². The fourth-order valence-corrected chi connectivity index (χ4v) is 2.69. The highest BCUT2D eigenvalue weighted by molar-refractivity contribution is 5.85. The second-order valence-corrected chi connectivity index (χ2v) is 5.78. The van der Waals surface area contributed by atoms with Gasteiger partial charge in [0, 0.05) is 18.7 Å². The first-order chi connectivity index (χ1) is 11.7. The second-order valence-electron chi connectivity index (χ2n) is 5.78. The zero-order chi connectivity index (χ0) is 16.8. The molecule has 0 aliphatic carbocycles. The molecule has 0 saturated heterocycles. The number of carbonyl (C=O) groups excluding carboxylic acids is 1. The van der Waals surface area contributed by atoms with E-state index in [2.05, 4.69) is 5.32 Å². The molecule has 2 aromatic carbocycles. The number of anilines is 1. The van der Waals surface area contributed by atoms with E-state index in [4.69, 9.17) is 15.2 Å². The SMILES string of the molecule is Cl.Nc1ccccc1CCC(=O)NCCc1ccc2c(c1)OCCO2. The van der Waals surface area contributed by atoms with E-state index < -0.39 is 0 Å². The molecule has 5 nitrogen and oxygen atoms in total. The van der Waals surface area contributed by atoms with Crippen LogP contribution in [-0.2, 0) is 17.6 Å². The van der Waals surface area contributed by atoms with Crippen LogP contribution >= 0.6 is 12.4 Å². The van der Waals surface area contributed by atoms with Crippen molar-refractivity contribution in [2.24, 2.45) is 0 Å². The number of para-hydroxylation sites is 1. The summed E-state index contributed by atoms with van der Waals surface area (Å²) in [5.41, 5.74) is 8.75. The van der Waals surface area contributed by atoms with Crippen LogP contribution in [0.15, 0.2) is 42.5 Å². The van der Waals surface area contributed by atoms with Gasteiger partial charge in [0.1, 0.15) is 13.2 Å². The number of rotatable bonds is 6. The minimum atomic E-state index is 0. The maximum atomic E-state index is 12.0. The summed E-state index contributed by atoms with van der Waals surface area (Å²) in [6.45, 7) is 1.77. The second kappa shape index (κ2) is 9.18. The number of nitrogens with two attached hydrogens (primary N) is 1. The molecule has 1 amide bonds. The summed E-state index contributed by atoms with van der Waals surface area (Å²) < 4.78 is 11.1. The van der Waals surface area contributed by atoms with Crippen LogP contribution in [0.5, 0.6) is 11.5 Å². The molecule has 0 fully saturated rings. The van der Waals surface area contributed by atoms with Gasteiger partial charge in [-0.3, -0.25) is 4.79 Å². The quantitative estimate of drug-likeness (QED) is 0.775. The number of aryl methyl sites for hydroxylation is 1. The third-order valence-corrected chi connectivity index (χ3v) is 4.02. The number of halogens is 1. The van der Waals surface area contributed by atoms with Crippen molar-refractivity contribution in [3.8, 4) is 11.5 Å². The van der Waals surface area contributed by atoms with Crippen LogP contribution < -0.4 is 20.5 Å². The van der Waals surface area contributed by atoms with Gasteiger partial charge in [-0.1, -0.05) is 24.3 Å². The lowest BCUT2D eigenvalue weighted by Gasteiger charge is -2.18. The van der Waals surface area contributed by atoms with Gasteiger partial charge >= 0.3 is 0 Å². The third kappa shape index (κ3) is 5.29. The molecule has 0 unspecified atom stereocenters. The van der Waals surface area contributed by atoms with E-state index >= 15 is 0 Å². The van der Waals surface area contributed by atoms with Gasteiger partial charge in [-0.05, 0) is 42.2 Å². The van der Waals surface area contributed by atoms with Crippen molar-refractivity contribution in [2.45, 2.75) is 19.3 Å². The number of nitrogen functional groups attached to an aromatic ring is 1. The molecule has 1 aliphatic rings. The molecule has 25 heavy (non-hydrogen) atoms. The minimum Gasteiger partial charge on any atom is -0.486 e. The molecule has 6 heteroatoms. The molecular weight excluding hydrogens is 340 g/mol. The van der Waals surface area contributed by atoms with Crippen LogP contribution in [0, 0.1) is 0 Å². The Kier molecular flexibility index (Phi) is 6.95. The average Bonchev–Trinajstić information content (AvgIpc) is 2.61. The Morgan fingerprint density at radius 2 is 1.80 bits per heavy atom. The van der Waals surface area contributed by atoms with Crippen molar-refractivity contribution in [1.29, 1.82) is 0 Å². The lowest BCUT2D eigenvalue weighted by atomic mass is 10.1. The molecule has 1 heterocycles. The molecule has 134 valence electrons. The molecule has 3 N–H and O–H groups in total. The standard InChI is InChI=1S/C19H22N2O3.ClH/c20-16-4-2-1-3-15(16)6-8-19(22)21-10-9-14-5-7-17-18(13-14)24-12-11-23-17;/h1-5,7,13H,6,8-12,20H2,(H,21,22);1H. The number of benzene rings is 2. The molecule has 3 rings (SSSR count). The highest BCUT2D eigenvalue weighted by Gasteiger charge is 2.11. The van der Waals surface area contributed by atoms with Crippen molar-refractivity contribution < 1.29 is 14.3 Å². The van der Waals surface area contributed by atoms with Crippen molar-refractivity contribution in [3.63, 3.8) is 0 Å². The van der Waals surface area contributed by atoms with Crippen LogP contribution in [0.2, 0.25) is 0 Å². The first-order valence-electron chi connectivity index (χ1n) is 8.21. The van der Waals surface area contributed by atoms with Crippen LogP contribution in [0.25, 0.3) is 0 Å². The molecule has 2 aromatic rings. The summed E-state index contributed by atoms with van der Waals surface area (Å²) >= 11 is 0. The highest BCUT2D eigenvalue weighted by atomic mass is 35.5. The van der Waals surface area contributed by atoms with E-state index in [0.29, 0.717) is 32.6 Å². The molecule has 0 bridgehead atoms. The van der Waals surface area contributed by atoms with Crippen LogP contribution in [0.3, 0.4) is 0 Å². The minimum absolute atomic E-state index is 0. The molecule has 0 radical (unpaired) electrons. The van der Waals surface area contributed by atoms with E-state index in [-0.39, 0.29) is 18.3 Å². The zero-order valence-electron chi connectivity index (χ0n) is 14.0. The van der Waals surface area contributed by atoms with Gasteiger partial charge in [0.05, 0.1) is 0 Å². The van der Waals surface area contributed by atoms with Crippen molar-refractivity contribution >= 4 is 24.0 Å².